The van der Waals surface area contributed by atoms with Crippen molar-refractivity contribution in [3.63, 3.8) is 0 Å². The van der Waals surface area contributed by atoms with Gasteiger partial charge in [-0.3, -0.25) is 0 Å². The molecule has 1 aromatic heterocycles. The minimum Gasteiger partial charge on any atom is -0.398 e. The van der Waals surface area contributed by atoms with E-state index in [1.165, 1.54) is 0 Å². The zero-order chi connectivity index (χ0) is 13.8. The average molecular weight is 296 g/mol. The summed E-state index contributed by atoms with van der Waals surface area (Å²) in [4.78, 5) is 5.38. The number of fused-ring (bicyclic) bond motifs is 1. The van der Waals surface area contributed by atoms with Gasteiger partial charge in [0.25, 0.3) is 0 Å². The fourth-order valence-electron chi connectivity index (χ4n) is 1.98. The molecule has 0 atom stereocenters. The van der Waals surface area contributed by atoms with Crippen LogP contribution in [0.15, 0.2) is 18.2 Å². The third-order valence-electron chi connectivity index (χ3n) is 3.84. The van der Waals surface area contributed by atoms with Gasteiger partial charge in [-0.1, -0.05) is 17.7 Å². The summed E-state index contributed by atoms with van der Waals surface area (Å²) in [6.07, 6.45) is 0. The Kier molecular flexibility index (Phi) is 2.95. The van der Waals surface area contributed by atoms with E-state index in [0.29, 0.717) is 5.02 Å². The molecule has 0 N–H and O–H groups in total. The Labute approximate surface area is 122 Å². The minimum atomic E-state index is -0.418. The van der Waals surface area contributed by atoms with Gasteiger partial charge in [0.05, 0.1) is 26.4 Å². The molecule has 0 spiro atoms. The number of hydrogen-bond donors (Lipinski definition) is 0. The molecule has 6 heteroatoms. The monoisotopic (exact) mass is 295 g/mol. The van der Waals surface area contributed by atoms with E-state index in [-0.39, 0.29) is 11.2 Å². The summed E-state index contributed by atoms with van der Waals surface area (Å²) in [5.74, 6) is 0. The van der Waals surface area contributed by atoms with Gasteiger partial charge in [0.2, 0.25) is 0 Å². The largest absolute Gasteiger partial charge is 0.525 e. The second-order valence-corrected chi connectivity index (χ2v) is 7.20. The Bertz CT molecular complexity index is 625. The Balaban J connectivity index is 2.01. The SMILES string of the molecule is CC1(C)OB(c2nc3c(Cl)cccc3s2)OC1(C)C. The molecule has 1 aromatic carbocycles. The van der Waals surface area contributed by atoms with Gasteiger partial charge in [0.1, 0.15) is 4.91 Å². The number of hydrogen-bond acceptors (Lipinski definition) is 4. The highest BCUT2D eigenvalue weighted by atomic mass is 35.5. The molecule has 1 fully saturated rings. The Morgan fingerprint density at radius 2 is 1.79 bits per heavy atom. The number of nitrogens with zero attached hydrogens (tertiary/aromatic N) is 1. The van der Waals surface area contributed by atoms with Crippen molar-refractivity contribution in [2.24, 2.45) is 0 Å². The van der Waals surface area contributed by atoms with Crippen LogP contribution in [-0.4, -0.2) is 23.3 Å². The van der Waals surface area contributed by atoms with Gasteiger partial charge in [-0.05, 0) is 39.8 Å². The van der Waals surface area contributed by atoms with Crippen LogP contribution >= 0.6 is 22.9 Å². The van der Waals surface area contributed by atoms with Crippen LogP contribution in [0.2, 0.25) is 5.02 Å². The van der Waals surface area contributed by atoms with Crippen LogP contribution in [0, 0.1) is 0 Å². The zero-order valence-corrected chi connectivity index (χ0v) is 12.9. The van der Waals surface area contributed by atoms with E-state index in [1.54, 1.807) is 11.3 Å². The molecule has 1 saturated heterocycles. The number of para-hydroxylation sites is 1. The van der Waals surface area contributed by atoms with Gasteiger partial charge >= 0.3 is 7.12 Å². The number of rotatable bonds is 1. The van der Waals surface area contributed by atoms with E-state index in [1.807, 2.05) is 45.9 Å². The lowest BCUT2D eigenvalue weighted by Crippen LogP contribution is -2.41. The first kappa shape index (κ1) is 13.4. The molecule has 3 rings (SSSR count). The average Bonchev–Trinajstić information content (AvgIpc) is 2.80. The summed E-state index contributed by atoms with van der Waals surface area (Å²) in [5.41, 5.74) is 0.123. The maximum absolute atomic E-state index is 6.15. The van der Waals surface area contributed by atoms with Crippen LogP contribution in [0.3, 0.4) is 0 Å². The minimum absolute atomic E-state index is 0.348. The molecular weight excluding hydrogens is 280 g/mol. The van der Waals surface area contributed by atoms with E-state index in [4.69, 9.17) is 20.9 Å². The van der Waals surface area contributed by atoms with Gasteiger partial charge in [0, 0.05) is 0 Å². The quantitative estimate of drug-likeness (QED) is 0.757. The summed E-state index contributed by atoms with van der Waals surface area (Å²) >= 11 is 7.72. The first-order valence-electron chi connectivity index (χ1n) is 6.21. The lowest BCUT2D eigenvalue weighted by atomic mass is 9.90. The van der Waals surface area contributed by atoms with E-state index < -0.39 is 7.12 Å². The highest BCUT2D eigenvalue weighted by Gasteiger charge is 2.53. The standard InChI is InChI=1S/C13H15BClNO2S/c1-12(2)13(3,4)18-14(17-12)11-16-10-8(15)6-5-7-9(10)19-11/h5-7H,1-4H3. The first-order chi connectivity index (χ1) is 8.80. The molecule has 3 nitrogen and oxygen atoms in total. The fourth-order valence-corrected chi connectivity index (χ4v) is 3.20. The summed E-state index contributed by atoms with van der Waals surface area (Å²) in [6.45, 7) is 8.14. The van der Waals surface area contributed by atoms with Crippen molar-refractivity contribution in [1.82, 2.24) is 4.98 Å². The van der Waals surface area contributed by atoms with Crippen molar-refractivity contribution in [2.75, 3.05) is 0 Å². The smallest absolute Gasteiger partial charge is 0.398 e. The fraction of sp³-hybridized carbons (Fsp3) is 0.462. The van der Waals surface area contributed by atoms with Crippen molar-refractivity contribution < 1.29 is 9.31 Å². The van der Waals surface area contributed by atoms with E-state index in [9.17, 15) is 0 Å². The highest BCUT2D eigenvalue weighted by molar-refractivity contribution is 7.27. The van der Waals surface area contributed by atoms with E-state index in [2.05, 4.69) is 4.98 Å². The lowest BCUT2D eigenvalue weighted by Gasteiger charge is -2.32. The predicted molar refractivity (Wildman–Crippen MR) is 80.3 cm³/mol. The maximum Gasteiger partial charge on any atom is 0.525 e. The topological polar surface area (TPSA) is 31.4 Å². The van der Waals surface area contributed by atoms with Crippen LogP contribution in [-0.2, 0) is 9.31 Å². The molecule has 0 unspecified atom stereocenters. The van der Waals surface area contributed by atoms with Crippen LogP contribution in [0.4, 0.5) is 0 Å². The highest BCUT2D eigenvalue weighted by Crippen LogP contribution is 2.37. The second-order valence-electron chi connectivity index (χ2n) is 5.73. The van der Waals surface area contributed by atoms with Gasteiger partial charge in [-0.2, -0.15) is 0 Å². The second kappa shape index (κ2) is 4.19. The van der Waals surface area contributed by atoms with Crippen LogP contribution in [0.1, 0.15) is 27.7 Å². The van der Waals surface area contributed by atoms with Gasteiger partial charge in [-0.15, -0.1) is 11.3 Å². The Morgan fingerprint density at radius 3 is 2.37 bits per heavy atom. The zero-order valence-electron chi connectivity index (χ0n) is 11.4. The third kappa shape index (κ3) is 2.09. The summed E-state index contributed by atoms with van der Waals surface area (Å²) in [7, 11) is -0.418. The van der Waals surface area contributed by atoms with Gasteiger partial charge < -0.3 is 9.31 Å². The van der Waals surface area contributed by atoms with Gasteiger partial charge in [-0.25, -0.2) is 4.98 Å². The molecular formula is C13H15BClNO2S. The lowest BCUT2D eigenvalue weighted by molar-refractivity contribution is 0.00578. The first-order valence-corrected chi connectivity index (χ1v) is 7.40. The molecule has 0 radical (unpaired) electrons. The number of benzene rings is 1. The summed E-state index contributed by atoms with van der Waals surface area (Å²) in [6, 6.07) is 5.78. The third-order valence-corrected chi connectivity index (χ3v) is 5.19. The van der Waals surface area contributed by atoms with Crippen LogP contribution in [0.25, 0.3) is 10.2 Å². The van der Waals surface area contributed by atoms with Gasteiger partial charge in [0.15, 0.2) is 0 Å². The molecule has 0 saturated carbocycles. The molecule has 1 aliphatic heterocycles. The van der Waals surface area contributed by atoms with Crippen molar-refractivity contribution in [3.8, 4) is 0 Å². The van der Waals surface area contributed by atoms with Crippen molar-refractivity contribution >= 4 is 45.2 Å². The number of aromatic nitrogens is 1. The molecule has 0 amide bonds. The maximum atomic E-state index is 6.15. The van der Waals surface area contributed by atoms with E-state index in [0.717, 1.165) is 15.1 Å². The molecule has 0 bridgehead atoms. The molecule has 19 heavy (non-hydrogen) atoms. The number of halogens is 1. The predicted octanol–water partition coefficient (Wildman–Crippen LogP) is 3.25. The molecule has 0 aliphatic carbocycles. The normalized spacial score (nSPS) is 21.2. The molecule has 1 aliphatic rings. The van der Waals surface area contributed by atoms with Crippen molar-refractivity contribution in [2.45, 2.75) is 38.9 Å². The summed E-state index contributed by atoms with van der Waals surface area (Å²) < 4.78 is 13.1. The molecule has 2 heterocycles. The molecule has 2 aromatic rings. The summed E-state index contributed by atoms with van der Waals surface area (Å²) in [5, 5.41) is 0.663. The number of thiazole rings is 1. The van der Waals surface area contributed by atoms with E-state index >= 15 is 0 Å². The Morgan fingerprint density at radius 1 is 1.16 bits per heavy atom. The molecule has 100 valence electrons. The van der Waals surface area contributed by atoms with Crippen molar-refractivity contribution in [3.05, 3.63) is 23.2 Å². The van der Waals surface area contributed by atoms with Crippen molar-refractivity contribution in [1.29, 1.82) is 0 Å². The van der Waals surface area contributed by atoms with Crippen LogP contribution < -0.4 is 4.91 Å². The Hall–Kier alpha value is -0.615. The van der Waals surface area contributed by atoms with Crippen LogP contribution in [0.5, 0.6) is 0 Å².